The molecule has 0 aliphatic carbocycles. The zero-order valence-electron chi connectivity index (χ0n) is 19.8. The molecule has 1 aliphatic rings. The van der Waals surface area contributed by atoms with E-state index in [1.54, 1.807) is 35.0 Å². The Kier molecular flexibility index (Phi) is 6.90. The Labute approximate surface area is 215 Å². The topological polar surface area (TPSA) is 154 Å². The van der Waals surface area contributed by atoms with Crippen molar-refractivity contribution in [1.82, 2.24) is 25.4 Å². The molecule has 0 atom stereocenters. The molecule has 13 heteroatoms. The van der Waals surface area contributed by atoms with Gasteiger partial charge in [-0.3, -0.25) is 10.0 Å². The van der Waals surface area contributed by atoms with Gasteiger partial charge in [0.25, 0.3) is 5.91 Å². The SMILES string of the molecule is CN(Cc1cc2nc(-c3cccc(C(=O)O)c3)nc(N3CCOCC3)c2s1)c1ncc(C(=O)NO)cn1. The van der Waals surface area contributed by atoms with Crippen LogP contribution in [-0.2, 0) is 11.3 Å². The summed E-state index contributed by atoms with van der Waals surface area (Å²) < 4.78 is 6.45. The first kappa shape index (κ1) is 24.5. The number of nitrogens with zero attached hydrogens (tertiary/aromatic N) is 6. The molecule has 0 bridgehead atoms. The van der Waals surface area contributed by atoms with Crippen molar-refractivity contribution in [3.63, 3.8) is 0 Å². The Morgan fingerprint density at radius 3 is 2.59 bits per heavy atom. The number of rotatable bonds is 7. The molecular formula is C24H23N7O5S. The second-order valence-electron chi connectivity index (χ2n) is 8.35. The number of fused-ring (bicyclic) bond motifs is 1. The third kappa shape index (κ3) is 5.18. The highest BCUT2D eigenvalue weighted by molar-refractivity contribution is 7.19. The van der Waals surface area contributed by atoms with Gasteiger partial charge in [-0.15, -0.1) is 11.3 Å². The molecule has 4 aromatic rings. The van der Waals surface area contributed by atoms with Crippen LogP contribution in [0.3, 0.4) is 0 Å². The maximum absolute atomic E-state index is 11.5. The summed E-state index contributed by atoms with van der Waals surface area (Å²) in [5.41, 5.74) is 3.26. The number of hydrogen-bond donors (Lipinski definition) is 3. The van der Waals surface area contributed by atoms with Gasteiger partial charge in [-0.05, 0) is 18.2 Å². The Hall–Kier alpha value is -4.20. The van der Waals surface area contributed by atoms with Crippen molar-refractivity contribution in [2.45, 2.75) is 6.54 Å². The summed E-state index contributed by atoms with van der Waals surface area (Å²) in [4.78, 5) is 46.1. The first-order chi connectivity index (χ1) is 17.9. The normalized spacial score (nSPS) is 13.5. The standard InChI is InChI=1S/C24H23N7O5S/c1-30(24-25-11-16(12-26-24)22(32)29-35)13-17-10-18-19(37-17)21(31-5-7-36-8-6-31)28-20(27-18)14-3-2-4-15(9-14)23(33)34/h2-4,9-12,35H,5-8,13H2,1H3,(H,29,32)(H,33,34). The van der Waals surface area contributed by atoms with E-state index in [0.29, 0.717) is 50.2 Å². The molecule has 0 radical (unpaired) electrons. The summed E-state index contributed by atoms with van der Waals surface area (Å²) in [5, 5.41) is 18.2. The summed E-state index contributed by atoms with van der Waals surface area (Å²) in [7, 11) is 1.84. The number of carboxylic acids is 1. The van der Waals surface area contributed by atoms with Crippen LogP contribution in [0, 0.1) is 0 Å². The van der Waals surface area contributed by atoms with Crippen molar-refractivity contribution in [3.05, 3.63) is 58.7 Å². The number of carbonyl (C=O) groups excluding carboxylic acids is 1. The van der Waals surface area contributed by atoms with Crippen molar-refractivity contribution in [3.8, 4) is 11.4 Å². The molecule has 4 heterocycles. The molecular weight excluding hydrogens is 498 g/mol. The Bertz CT molecular complexity index is 1450. The Balaban J connectivity index is 1.50. The fourth-order valence-corrected chi connectivity index (χ4v) is 5.12. The number of hydroxylamine groups is 1. The molecule has 5 rings (SSSR count). The minimum Gasteiger partial charge on any atom is -0.478 e. The molecule has 1 saturated heterocycles. The number of hydrogen-bond acceptors (Lipinski definition) is 11. The van der Waals surface area contributed by atoms with Crippen LogP contribution in [0.5, 0.6) is 0 Å². The van der Waals surface area contributed by atoms with Crippen LogP contribution < -0.4 is 15.3 Å². The van der Waals surface area contributed by atoms with Crippen LogP contribution in [0.2, 0.25) is 0 Å². The lowest BCUT2D eigenvalue weighted by atomic mass is 10.1. The number of benzene rings is 1. The van der Waals surface area contributed by atoms with Crippen molar-refractivity contribution in [2.24, 2.45) is 0 Å². The highest BCUT2D eigenvalue weighted by Gasteiger charge is 2.21. The Morgan fingerprint density at radius 2 is 1.89 bits per heavy atom. The van der Waals surface area contributed by atoms with Gasteiger partial charge in [0.05, 0.1) is 41.1 Å². The molecule has 1 amide bonds. The summed E-state index contributed by atoms with van der Waals surface area (Å²) in [5.74, 6) is -0.0333. The lowest BCUT2D eigenvalue weighted by Gasteiger charge is -2.28. The van der Waals surface area contributed by atoms with E-state index >= 15 is 0 Å². The van der Waals surface area contributed by atoms with Crippen LogP contribution in [0.4, 0.5) is 11.8 Å². The number of ether oxygens (including phenoxy) is 1. The first-order valence-corrected chi connectivity index (χ1v) is 12.2. The summed E-state index contributed by atoms with van der Waals surface area (Å²) in [6.07, 6.45) is 2.68. The number of carboxylic acid groups (broad SMARTS) is 1. The molecule has 0 saturated carbocycles. The van der Waals surface area contributed by atoms with Crippen LogP contribution in [0.25, 0.3) is 21.6 Å². The minimum absolute atomic E-state index is 0.145. The largest absolute Gasteiger partial charge is 0.478 e. The molecule has 0 spiro atoms. The zero-order chi connectivity index (χ0) is 25.9. The van der Waals surface area contributed by atoms with E-state index in [9.17, 15) is 14.7 Å². The second kappa shape index (κ2) is 10.4. The monoisotopic (exact) mass is 521 g/mol. The van der Waals surface area contributed by atoms with Crippen LogP contribution in [-0.4, -0.2) is 75.5 Å². The Morgan fingerprint density at radius 1 is 1.14 bits per heavy atom. The van der Waals surface area contributed by atoms with Gasteiger partial charge in [-0.1, -0.05) is 12.1 Å². The van der Waals surface area contributed by atoms with Gasteiger partial charge < -0.3 is 19.6 Å². The van der Waals surface area contributed by atoms with Crippen LogP contribution in [0.1, 0.15) is 25.6 Å². The number of anilines is 2. The molecule has 3 N–H and O–H groups in total. The third-order valence-corrected chi connectivity index (χ3v) is 6.92. The molecule has 1 aromatic carbocycles. The number of aromatic nitrogens is 4. The van der Waals surface area contributed by atoms with Gasteiger partial charge in [0.15, 0.2) is 11.6 Å². The average Bonchev–Trinajstić information content (AvgIpc) is 3.35. The molecule has 0 unspecified atom stereocenters. The lowest BCUT2D eigenvalue weighted by Crippen LogP contribution is -2.36. The predicted octanol–water partition coefficient (Wildman–Crippen LogP) is 2.44. The summed E-state index contributed by atoms with van der Waals surface area (Å²) in [6, 6.07) is 8.59. The quantitative estimate of drug-likeness (QED) is 0.243. The van der Waals surface area contributed by atoms with E-state index < -0.39 is 11.9 Å². The maximum Gasteiger partial charge on any atom is 0.335 e. The van der Waals surface area contributed by atoms with Gasteiger partial charge in [0.2, 0.25) is 5.95 Å². The van der Waals surface area contributed by atoms with E-state index in [0.717, 1.165) is 20.9 Å². The molecule has 12 nitrogen and oxygen atoms in total. The maximum atomic E-state index is 11.5. The van der Waals surface area contributed by atoms with E-state index in [1.165, 1.54) is 18.5 Å². The van der Waals surface area contributed by atoms with E-state index in [-0.39, 0.29) is 11.1 Å². The lowest BCUT2D eigenvalue weighted by molar-refractivity contribution is 0.0693. The van der Waals surface area contributed by atoms with Crippen molar-refractivity contribution < 1.29 is 24.6 Å². The van der Waals surface area contributed by atoms with Crippen molar-refractivity contribution in [1.29, 1.82) is 0 Å². The number of nitrogens with one attached hydrogen (secondary N) is 1. The average molecular weight is 522 g/mol. The predicted molar refractivity (Wildman–Crippen MR) is 136 cm³/mol. The molecule has 3 aromatic heterocycles. The number of aromatic carboxylic acids is 1. The van der Waals surface area contributed by atoms with Crippen LogP contribution in [0.15, 0.2) is 42.7 Å². The first-order valence-electron chi connectivity index (χ1n) is 11.4. The number of carbonyl (C=O) groups is 2. The molecule has 1 aliphatic heterocycles. The van der Waals surface area contributed by atoms with Crippen molar-refractivity contribution in [2.75, 3.05) is 43.2 Å². The number of thiophene rings is 1. The fraction of sp³-hybridized carbons (Fsp3) is 0.250. The van der Waals surface area contributed by atoms with Gasteiger partial charge in [0, 0.05) is 43.0 Å². The van der Waals surface area contributed by atoms with Gasteiger partial charge in [-0.25, -0.2) is 30.2 Å². The molecule has 37 heavy (non-hydrogen) atoms. The highest BCUT2D eigenvalue weighted by atomic mass is 32.1. The van der Waals surface area contributed by atoms with Crippen LogP contribution >= 0.6 is 11.3 Å². The molecule has 190 valence electrons. The second-order valence-corrected chi connectivity index (χ2v) is 9.49. The number of amides is 1. The van der Waals surface area contributed by atoms with E-state index in [1.807, 2.05) is 18.0 Å². The highest BCUT2D eigenvalue weighted by Crippen LogP contribution is 2.35. The molecule has 1 fully saturated rings. The smallest absolute Gasteiger partial charge is 0.335 e. The van der Waals surface area contributed by atoms with Gasteiger partial charge >= 0.3 is 5.97 Å². The minimum atomic E-state index is -1.01. The van der Waals surface area contributed by atoms with Gasteiger partial charge in [0.1, 0.15) is 0 Å². The van der Waals surface area contributed by atoms with E-state index in [4.69, 9.17) is 19.9 Å². The summed E-state index contributed by atoms with van der Waals surface area (Å²) >= 11 is 1.57. The number of morpholine rings is 1. The zero-order valence-corrected chi connectivity index (χ0v) is 20.6. The van der Waals surface area contributed by atoms with E-state index in [2.05, 4.69) is 14.9 Å². The van der Waals surface area contributed by atoms with Crippen molar-refractivity contribution >= 4 is 45.2 Å². The van der Waals surface area contributed by atoms with Gasteiger partial charge in [-0.2, -0.15) is 0 Å². The summed E-state index contributed by atoms with van der Waals surface area (Å²) in [6.45, 7) is 3.06. The fourth-order valence-electron chi connectivity index (χ4n) is 3.96. The third-order valence-electron chi connectivity index (χ3n) is 5.82.